The maximum absolute atomic E-state index is 13.5. The number of carbonyl (C=O) groups excluding carboxylic acids is 2. The second-order valence-electron chi connectivity index (χ2n) is 9.34. The van der Waals surface area contributed by atoms with Gasteiger partial charge in [-0.3, -0.25) is 9.59 Å². The number of likely N-dealkylation sites (tertiary alicyclic amines) is 1. The zero-order valence-electron chi connectivity index (χ0n) is 18.7. The third-order valence-corrected chi connectivity index (χ3v) is 6.52. The molecule has 1 fully saturated rings. The first kappa shape index (κ1) is 24.0. The molecule has 32 heavy (non-hydrogen) atoms. The maximum Gasteiger partial charge on any atom is 0.245 e. The van der Waals surface area contributed by atoms with Gasteiger partial charge < -0.3 is 16.0 Å². The number of nitrogens with two attached hydrogens (primary N) is 1. The average molecular weight is 454 g/mol. The topological polar surface area (TPSA) is 75.4 Å². The summed E-state index contributed by atoms with van der Waals surface area (Å²) in [5.41, 5.74) is 8.61. The molecule has 2 amide bonds. The largest absolute Gasteiger partial charge is 0.342 e. The Bertz CT molecular complexity index is 990. The van der Waals surface area contributed by atoms with Crippen LogP contribution in [-0.4, -0.2) is 41.4 Å². The Morgan fingerprint density at radius 3 is 2.34 bits per heavy atom. The molecule has 1 unspecified atom stereocenters. The lowest BCUT2D eigenvalue weighted by Gasteiger charge is -2.40. The van der Waals surface area contributed by atoms with E-state index in [1.165, 1.54) is 11.1 Å². The number of rotatable bonds is 5. The summed E-state index contributed by atoms with van der Waals surface area (Å²) >= 11 is 0. The van der Waals surface area contributed by atoms with E-state index >= 15 is 0 Å². The van der Waals surface area contributed by atoms with Crippen LogP contribution in [0.2, 0.25) is 0 Å². The lowest BCUT2D eigenvalue weighted by molar-refractivity contribution is -0.138. The van der Waals surface area contributed by atoms with Crippen molar-refractivity contribution in [2.75, 3.05) is 13.1 Å². The van der Waals surface area contributed by atoms with Gasteiger partial charge in [0.15, 0.2) is 0 Å². The van der Waals surface area contributed by atoms with Crippen molar-refractivity contribution in [3.63, 3.8) is 0 Å². The molecule has 1 atom stereocenters. The highest BCUT2D eigenvalue weighted by molar-refractivity contribution is 5.91. The molecule has 2 aromatic carbocycles. The average Bonchev–Trinajstić information content (AvgIpc) is 3.12. The van der Waals surface area contributed by atoms with Crippen LogP contribution in [0.4, 0.5) is 0 Å². The molecule has 170 valence electrons. The van der Waals surface area contributed by atoms with Crippen LogP contribution in [0.3, 0.4) is 0 Å². The number of nitrogens with zero attached hydrogens (tertiary/aromatic N) is 1. The van der Waals surface area contributed by atoms with Crippen molar-refractivity contribution in [1.82, 2.24) is 10.2 Å². The lowest BCUT2D eigenvalue weighted by Crippen LogP contribution is -2.58. The highest BCUT2D eigenvalue weighted by atomic mass is 35.5. The summed E-state index contributed by atoms with van der Waals surface area (Å²) in [7, 11) is 0. The van der Waals surface area contributed by atoms with Crippen molar-refractivity contribution in [3.8, 4) is 0 Å². The van der Waals surface area contributed by atoms with Gasteiger partial charge in [-0.15, -0.1) is 12.4 Å². The molecule has 3 N–H and O–H groups in total. The van der Waals surface area contributed by atoms with Crippen LogP contribution < -0.4 is 11.1 Å². The zero-order valence-corrected chi connectivity index (χ0v) is 19.5. The fourth-order valence-electron chi connectivity index (χ4n) is 4.61. The predicted octanol–water partition coefficient (Wildman–Crippen LogP) is 3.46. The summed E-state index contributed by atoms with van der Waals surface area (Å²) in [6.45, 7) is 4.65. The van der Waals surface area contributed by atoms with Crippen LogP contribution in [-0.2, 0) is 21.4 Å². The molecule has 1 saturated heterocycles. The van der Waals surface area contributed by atoms with Crippen molar-refractivity contribution < 1.29 is 9.59 Å². The van der Waals surface area contributed by atoms with Crippen LogP contribution in [0, 0.1) is 0 Å². The number of allylic oxidation sites excluding steroid dienone is 1. The quantitative estimate of drug-likeness (QED) is 0.727. The Morgan fingerprint density at radius 2 is 1.69 bits per heavy atom. The van der Waals surface area contributed by atoms with Crippen LogP contribution in [0.15, 0.2) is 60.7 Å². The van der Waals surface area contributed by atoms with Gasteiger partial charge in [0.2, 0.25) is 11.8 Å². The summed E-state index contributed by atoms with van der Waals surface area (Å²) in [5, 5.41) is 2.91. The number of hydrogen-bond acceptors (Lipinski definition) is 3. The monoisotopic (exact) mass is 453 g/mol. The number of amides is 2. The van der Waals surface area contributed by atoms with Crippen molar-refractivity contribution in [2.45, 2.75) is 50.1 Å². The van der Waals surface area contributed by atoms with Crippen molar-refractivity contribution in [3.05, 3.63) is 77.4 Å². The molecule has 1 spiro atoms. The van der Waals surface area contributed by atoms with Gasteiger partial charge >= 0.3 is 0 Å². The normalized spacial score (nSPS) is 17.4. The van der Waals surface area contributed by atoms with Gasteiger partial charge in [0.1, 0.15) is 6.04 Å². The molecule has 0 bridgehead atoms. The molecule has 2 aliphatic rings. The second-order valence-corrected chi connectivity index (χ2v) is 9.34. The van der Waals surface area contributed by atoms with Crippen LogP contribution >= 0.6 is 12.4 Å². The summed E-state index contributed by atoms with van der Waals surface area (Å²) in [6, 6.07) is 17.7. The summed E-state index contributed by atoms with van der Waals surface area (Å²) < 4.78 is 0. The fraction of sp³-hybridized carbons (Fsp3) is 0.385. The Balaban J connectivity index is 0.00000289. The molecule has 0 radical (unpaired) electrons. The molecule has 2 aromatic rings. The molecule has 4 rings (SSSR count). The van der Waals surface area contributed by atoms with Gasteiger partial charge in [-0.25, -0.2) is 0 Å². The minimum atomic E-state index is -1.04. The number of nitrogens with one attached hydrogen (secondary N) is 1. The summed E-state index contributed by atoms with van der Waals surface area (Å²) in [6.07, 6.45) is 6.74. The zero-order chi connectivity index (χ0) is 22.1. The van der Waals surface area contributed by atoms with E-state index in [4.69, 9.17) is 5.73 Å². The molecule has 0 aromatic heterocycles. The van der Waals surface area contributed by atoms with Gasteiger partial charge in [0.05, 0.1) is 5.54 Å². The van der Waals surface area contributed by atoms with Crippen LogP contribution in [0.25, 0.3) is 6.08 Å². The number of piperidine rings is 1. The van der Waals surface area contributed by atoms with Gasteiger partial charge in [-0.2, -0.15) is 0 Å². The maximum atomic E-state index is 13.5. The van der Waals surface area contributed by atoms with E-state index in [-0.39, 0.29) is 29.6 Å². The lowest BCUT2D eigenvalue weighted by atomic mass is 9.74. The van der Waals surface area contributed by atoms with Crippen molar-refractivity contribution >= 4 is 30.3 Å². The van der Waals surface area contributed by atoms with Crippen molar-refractivity contribution in [1.29, 1.82) is 0 Å². The Kier molecular flexibility index (Phi) is 7.11. The van der Waals surface area contributed by atoms with Crippen LogP contribution in [0.5, 0.6) is 0 Å². The first-order chi connectivity index (χ1) is 14.8. The van der Waals surface area contributed by atoms with E-state index < -0.39 is 11.6 Å². The van der Waals surface area contributed by atoms with Crippen molar-refractivity contribution in [2.24, 2.45) is 5.73 Å². The van der Waals surface area contributed by atoms with E-state index in [0.29, 0.717) is 19.5 Å². The molecule has 0 saturated carbocycles. The fourth-order valence-corrected chi connectivity index (χ4v) is 4.61. The first-order valence-electron chi connectivity index (χ1n) is 11.0. The predicted molar refractivity (Wildman–Crippen MR) is 131 cm³/mol. The highest BCUT2D eigenvalue weighted by Gasteiger charge is 2.40. The molecule has 1 aliphatic carbocycles. The third-order valence-electron chi connectivity index (χ3n) is 6.52. The Labute approximate surface area is 196 Å². The molecule has 1 heterocycles. The number of benzene rings is 2. The van der Waals surface area contributed by atoms with Crippen LogP contribution in [0.1, 0.15) is 43.4 Å². The summed E-state index contributed by atoms with van der Waals surface area (Å²) in [5.74, 6) is -0.352. The van der Waals surface area contributed by atoms with Gasteiger partial charge in [-0.1, -0.05) is 66.7 Å². The Morgan fingerprint density at radius 1 is 1.06 bits per heavy atom. The smallest absolute Gasteiger partial charge is 0.245 e. The van der Waals surface area contributed by atoms with Gasteiger partial charge in [0.25, 0.3) is 0 Å². The van der Waals surface area contributed by atoms with Gasteiger partial charge in [-0.05, 0) is 43.4 Å². The molecular weight excluding hydrogens is 422 g/mol. The SMILES string of the molecule is CC(C)(N)C(=O)NC(Cc1ccccc1)C(=O)N1CCC2(C=Cc3ccccc32)CC1.Cl. The van der Waals surface area contributed by atoms with E-state index in [1.54, 1.807) is 13.8 Å². The molecule has 5 nitrogen and oxygen atoms in total. The third kappa shape index (κ3) is 4.89. The number of carbonyl (C=O) groups is 2. The number of halogens is 1. The number of hydrogen-bond donors (Lipinski definition) is 2. The summed E-state index contributed by atoms with van der Waals surface area (Å²) in [4.78, 5) is 27.9. The second kappa shape index (κ2) is 9.47. The van der Waals surface area contributed by atoms with E-state index in [9.17, 15) is 9.59 Å². The van der Waals surface area contributed by atoms with E-state index in [2.05, 4.69) is 41.7 Å². The van der Waals surface area contributed by atoms with E-state index in [1.807, 2.05) is 35.2 Å². The molecular formula is C26H32ClN3O2. The Hall–Kier alpha value is -2.63. The standard InChI is InChI=1S/C26H31N3O2.ClH/c1-25(2,27)24(31)28-22(18-19-8-4-3-5-9-19)23(30)29-16-14-26(15-17-29)13-12-20-10-6-7-11-21(20)26;/h3-13,22H,14-18,27H2,1-2H3,(H,28,31);1H. The minimum absolute atomic E-state index is 0. The molecule has 1 aliphatic heterocycles. The van der Waals surface area contributed by atoms with Gasteiger partial charge in [0, 0.05) is 24.9 Å². The number of fused-ring (bicyclic) bond motifs is 2. The first-order valence-corrected chi connectivity index (χ1v) is 11.0. The molecule has 6 heteroatoms. The highest BCUT2D eigenvalue weighted by Crippen LogP contribution is 2.43. The van der Waals surface area contributed by atoms with E-state index in [0.717, 1.165) is 18.4 Å². The minimum Gasteiger partial charge on any atom is -0.342 e.